The minimum atomic E-state index is -4.47. The Hall–Kier alpha value is -1.82. The molecule has 100 valence electrons. The molecular formula is C12H9ClF3N3. The predicted octanol–water partition coefficient (Wildman–Crippen LogP) is 3.76. The van der Waals surface area contributed by atoms with Gasteiger partial charge in [-0.25, -0.2) is 0 Å². The SMILES string of the molecule is FC(F)(F)c1cc(NCc2cnccn2)ccc1Cl. The number of hydrogen-bond donors (Lipinski definition) is 1. The molecule has 0 aliphatic carbocycles. The van der Waals surface area contributed by atoms with E-state index in [-0.39, 0.29) is 11.6 Å². The van der Waals surface area contributed by atoms with Gasteiger partial charge in [0.2, 0.25) is 0 Å². The number of rotatable bonds is 3. The smallest absolute Gasteiger partial charge is 0.379 e. The van der Waals surface area contributed by atoms with E-state index in [1.54, 1.807) is 0 Å². The van der Waals surface area contributed by atoms with E-state index in [1.165, 1.54) is 30.7 Å². The topological polar surface area (TPSA) is 37.8 Å². The van der Waals surface area contributed by atoms with Crippen LogP contribution >= 0.6 is 11.6 Å². The van der Waals surface area contributed by atoms with Crippen molar-refractivity contribution in [2.75, 3.05) is 5.32 Å². The highest BCUT2D eigenvalue weighted by molar-refractivity contribution is 6.31. The Morgan fingerprint density at radius 1 is 1.21 bits per heavy atom. The Morgan fingerprint density at radius 3 is 2.63 bits per heavy atom. The molecule has 0 unspecified atom stereocenters. The van der Waals surface area contributed by atoms with E-state index in [2.05, 4.69) is 15.3 Å². The summed E-state index contributed by atoms with van der Waals surface area (Å²) < 4.78 is 38.0. The lowest BCUT2D eigenvalue weighted by Crippen LogP contribution is -2.08. The third-order valence-corrected chi connectivity index (χ3v) is 2.69. The fraction of sp³-hybridized carbons (Fsp3) is 0.167. The van der Waals surface area contributed by atoms with Crippen LogP contribution in [0.2, 0.25) is 5.02 Å². The number of aromatic nitrogens is 2. The quantitative estimate of drug-likeness (QED) is 0.934. The number of alkyl halides is 3. The molecule has 0 bridgehead atoms. The van der Waals surface area contributed by atoms with E-state index in [0.717, 1.165) is 6.07 Å². The molecule has 0 aliphatic heterocycles. The van der Waals surface area contributed by atoms with E-state index < -0.39 is 11.7 Å². The molecule has 1 heterocycles. The van der Waals surface area contributed by atoms with Gasteiger partial charge in [-0.2, -0.15) is 13.2 Å². The number of halogens is 4. The summed E-state index contributed by atoms with van der Waals surface area (Å²) in [7, 11) is 0. The fourth-order valence-corrected chi connectivity index (χ4v) is 1.69. The average molecular weight is 288 g/mol. The van der Waals surface area contributed by atoms with Gasteiger partial charge in [0.25, 0.3) is 0 Å². The summed E-state index contributed by atoms with van der Waals surface area (Å²) in [6.45, 7) is 0.284. The van der Waals surface area contributed by atoms with Gasteiger partial charge in [-0.1, -0.05) is 11.6 Å². The molecule has 0 saturated carbocycles. The third-order valence-electron chi connectivity index (χ3n) is 2.36. The van der Waals surface area contributed by atoms with Crippen LogP contribution in [0, 0.1) is 0 Å². The van der Waals surface area contributed by atoms with Crippen LogP contribution < -0.4 is 5.32 Å². The molecular weight excluding hydrogens is 279 g/mol. The van der Waals surface area contributed by atoms with Gasteiger partial charge in [-0.15, -0.1) is 0 Å². The van der Waals surface area contributed by atoms with Gasteiger partial charge in [-0.3, -0.25) is 9.97 Å². The van der Waals surface area contributed by atoms with Crippen LogP contribution in [0.3, 0.4) is 0 Å². The second kappa shape index (κ2) is 5.44. The van der Waals surface area contributed by atoms with Crippen molar-refractivity contribution in [3.8, 4) is 0 Å². The zero-order valence-corrected chi connectivity index (χ0v) is 10.3. The standard InChI is InChI=1S/C12H9ClF3N3/c13-11-2-1-8(5-10(11)12(14,15)16)19-7-9-6-17-3-4-18-9/h1-6,19H,7H2. The molecule has 1 N–H and O–H groups in total. The van der Waals surface area contributed by atoms with E-state index in [1.807, 2.05) is 0 Å². The Morgan fingerprint density at radius 2 is 2.00 bits per heavy atom. The summed E-state index contributed by atoms with van der Waals surface area (Å²) in [5.74, 6) is 0. The summed E-state index contributed by atoms with van der Waals surface area (Å²) >= 11 is 5.53. The number of hydrogen-bond acceptors (Lipinski definition) is 3. The maximum atomic E-state index is 12.7. The fourth-order valence-electron chi connectivity index (χ4n) is 1.47. The van der Waals surface area contributed by atoms with Crippen molar-refractivity contribution in [2.45, 2.75) is 12.7 Å². The predicted molar refractivity (Wildman–Crippen MR) is 65.8 cm³/mol. The zero-order valence-electron chi connectivity index (χ0n) is 9.58. The summed E-state index contributed by atoms with van der Waals surface area (Å²) in [6, 6.07) is 3.66. The number of nitrogens with one attached hydrogen (secondary N) is 1. The van der Waals surface area contributed by atoms with Crippen LogP contribution in [0.15, 0.2) is 36.8 Å². The van der Waals surface area contributed by atoms with Crippen molar-refractivity contribution in [2.24, 2.45) is 0 Å². The molecule has 7 heteroatoms. The largest absolute Gasteiger partial charge is 0.417 e. The van der Waals surface area contributed by atoms with E-state index in [0.29, 0.717) is 11.4 Å². The van der Waals surface area contributed by atoms with Crippen LogP contribution in [0.1, 0.15) is 11.3 Å². The first-order valence-electron chi connectivity index (χ1n) is 5.32. The van der Waals surface area contributed by atoms with Crippen molar-refractivity contribution in [3.05, 3.63) is 53.1 Å². The highest BCUT2D eigenvalue weighted by atomic mass is 35.5. The lowest BCUT2D eigenvalue weighted by atomic mass is 10.2. The number of nitrogens with zero attached hydrogens (tertiary/aromatic N) is 2. The van der Waals surface area contributed by atoms with Crippen LogP contribution in [-0.4, -0.2) is 9.97 Å². The van der Waals surface area contributed by atoms with E-state index in [9.17, 15) is 13.2 Å². The highest BCUT2D eigenvalue weighted by Crippen LogP contribution is 2.36. The van der Waals surface area contributed by atoms with Gasteiger partial charge in [-0.05, 0) is 18.2 Å². The second-order valence-corrected chi connectivity index (χ2v) is 4.15. The Bertz CT molecular complexity index is 558. The Kier molecular flexibility index (Phi) is 3.90. The lowest BCUT2D eigenvalue weighted by Gasteiger charge is -2.12. The van der Waals surface area contributed by atoms with Crippen molar-refractivity contribution >= 4 is 17.3 Å². The normalized spacial score (nSPS) is 11.4. The van der Waals surface area contributed by atoms with Gasteiger partial charge < -0.3 is 5.32 Å². The van der Waals surface area contributed by atoms with Crippen LogP contribution in [0.4, 0.5) is 18.9 Å². The molecule has 0 spiro atoms. The van der Waals surface area contributed by atoms with Crippen LogP contribution in [0.25, 0.3) is 0 Å². The van der Waals surface area contributed by atoms with E-state index in [4.69, 9.17) is 11.6 Å². The number of anilines is 1. The molecule has 0 saturated heterocycles. The monoisotopic (exact) mass is 287 g/mol. The molecule has 0 atom stereocenters. The molecule has 0 radical (unpaired) electrons. The summed E-state index contributed by atoms with van der Waals surface area (Å²) in [5, 5.41) is 2.52. The summed E-state index contributed by atoms with van der Waals surface area (Å²) in [5.41, 5.74) is 0.0895. The molecule has 2 rings (SSSR count). The third kappa shape index (κ3) is 3.57. The van der Waals surface area contributed by atoms with Gasteiger partial charge >= 0.3 is 6.18 Å². The minimum absolute atomic E-state index is 0.284. The molecule has 19 heavy (non-hydrogen) atoms. The molecule has 0 amide bonds. The molecule has 2 aromatic rings. The van der Waals surface area contributed by atoms with Crippen LogP contribution in [0.5, 0.6) is 0 Å². The molecule has 0 aliphatic rings. The Balaban J connectivity index is 2.14. The highest BCUT2D eigenvalue weighted by Gasteiger charge is 2.33. The summed E-state index contributed by atoms with van der Waals surface area (Å²) in [4.78, 5) is 7.87. The molecule has 1 aromatic heterocycles. The van der Waals surface area contributed by atoms with Crippen LogP contribution in [-0.2, 0) is 12.7 Å². The maximum Gasteiger partial charge on any atom is 0.417 e. The average Bonchev–Trinajstić information content (AvgIpc) is 2.37. The van der Waals surface area contributed by atoms with Crippen molar-refractivity contribution in [3.63, 3.8) is 0 Å². The minimum Gasteiger partial charge on any atom is -0.379 e. The van der Waals surface area contributed by atoms with Gasteiger partial charge in [0.15, 0.2) is 0 Å². The van der Waals surface area contributed by atoms with E-state index >= 15 is 0 Å². The zero-order chi connectivity index (χ0) is 13.9. The molecule has 1 aromatic carbocycles. The second-order valence-electron chi connectivity index (χ2n) is 3.74. The first kappa shape index (κ1) is 13.6. The molecule has 3 nitrogen and oxygen atoms in total. The maximum absolute atomic E-state index is 12.7. The van der Waals surface area contributed by atoms with Crippen molar-refractivity contribution in [1.82, 2.24) is 9.97 Å². The van der Waals surface area contributed by atoms with Crippen molar-refractivity contribution < 1.29 is 13.2 Å². The van der Waals surface area contributed by atoms with Gasteiger partial charge in [0.05, 0.1) is 29.0 Å². The first-order chi connectivity index (χ1) is 8.97. The number of benzene rings is 1. The Labute approximate surface area is 112 Å². The first-order valence-corrected chi connectivity index (χ1v) is 5.70. The molecule has 0 fully saturated rings. The van der Waals surface area contributed by atoms with Crippen molar-refractivity contribution in [1.29, 1.82) is 0 Å². The van der Waals surface area contributed by atoms with Gasteiger partial charge in [0.1, 0.15) is 0 Å². The van der Waals surface area contributed by atoms with Gasteiger partial charge in [0, 0.05) is 18.1 Å². The lowest BCUT2D eigenvalue weighted by molar-refractivity contribution is -0.137. The summed E-state index contributed by atoms with van der Waals surface area (Å²) in [6.07, 6.45) is 0.0997.